The highest BCUT2D eigenvalue weighted by Gasteiger charge is 2.42. The molecule has 39 heavy (non-hydrogen) atoms. The highest BCUT2D eigenvalue weighted by Crippen LogP contribution is 2.40. The molecule has 0 atom stereocenters. The summed E-state index contributed by atoms with van der Waals surface area (Å²) in [5.41, 5.74) is 7.07. The fraction of sp³-hybridized carbons (Fsp3) is 0.143. The van der Waals surface area contributed by atoms with Gasteiger partial charge in [0, 0.05) is 18.2 Å². The number of pyridine rings is 1. The first-order valence-electron chi connectivity index (χ1n) is 11.9. The first kappa shape index (κ1) is 24.5. The zero-order chi connectivity index (χ0) is 27.6. The van der Waals surface area contributed by atoms with Crippen LogP contribution in [0.25, 0.3) is 28.2 Å². The van der Waals surface area contributed by atoms with Gasteiger partial charge in [-0.2, -0.15) is 0 Å². The summed E-state index contributed by atoms with van der Waals surface area (Å²) >= 11 is 0. The number of carbonyl (C=O) groups is 1. The van der Waals surface area contributed by atoms with Crippen LogP contribution in [0.2, 0.25) is 0 Å². The van der Waals surface area contributed by atoms with Gasteiger partial charge in [0.25, 0.3) is 0 Å². The Morgan fingerprint density at radius 1 is 0.949 bits per heavy atom. The van der Waals surface area contributed by atoms with Crippen molar-refractivity contribution in [1.82, 2.24) is 19.4 Å². The van der Waals surface area contributed by atoms with Crippen LogP contribution in [0, 0.1) is 23.3 Å². The molecule has 0 unspecified atom stereocenters. The molecule has 1 aliphatic heterocycles. The molecule has 0 bridgehead atoms. The van der Waals surface area contributed by atoms with Crippen molar-refractivity contribution in [2.24, 2.45) is 0 Å². The van der Waals surface area contributed by atoms with E-state index in [-0.39, 0.29) is 34.9 Å². The molecule has 0 saturated heterocycles. The van der Waals surface area contributed by atoms with Gasteiger partial charge in [-0.3, -0.25) is 4.79 Å². The predicted octanol–water partition coefficient (Wildman–Crippen LogP) is 5.42. The van der Waals surface area contributed by atoms with Gasteiger partial charge in [-0.1, -0.05) is 18.2 Å². The Morgan fingerprint density at radius 2 is 1.72 bits per heavy atom. The lowest BCUT2D eigenvalue weighted by Crippen LogP contribution is -2.27. The standard InChI is InChI=1S/C28H20F4N6O/c1-28(2)21-24(33)35-26(36-25(21)37-27(28)39)23-19-9-6-14(13-4-3-5-15(29)10-13)12-38(19)20(34-23)11-16-17(30)7-8-18(31)22(16)32/h3-10,12H,11H2,1-2H3,(H3,33,35,36,37,39). The van der Waals surface area contributed by atoms with Crippen molar-refractivity contribution in [1.29, 1.82) is 0 Å². The molecule has 3 N–H and O–H groups in total. The molecular weight excluding hydrogens is 512 g/mol. The average Bonchev–Trinajstić information content (AvgIpc) is 3.37. The number of nitrogen functional groups attached to an aromatic ring is 1. The summed E-state index contributed by atoms with van der Waals surface area (Å²) < 4.78 is 58.6. The average molecular weight is 533 g/mol. The van der Waals surface area contributed by atoms with Gasteiger partial charge in [-0.15, -0.1) is 0 Å². The van der Waals surface area contributed by atoms with Crippen LogP contribution in [0.15, 0.2) is 54.7 Å². The van der Waals surface area contributed by atoms with Gasteiger partial charge in [-0.05, 0) is 55.3 Å². The Bertz CT molecular complexity index is 1830. The highest BCUT2D eigenvalue weighted by molar-refractivity contribution is 6.06. The summed E-state index contributed by atoms with van der Waals surface area (Å²) in [4.78, 5) is 25.9. The number of hydrogen-bond acceptors (Lipinski definition) is 5. The number of halogens is 4. The predicted molar refractivity (Wildman–Crippen MR) is 137 cm³/mol. The zero-order valence-electron chi connectivity index (χ0n) is 20.7. The van der Waals surface area contributed by atoms with Crippen LogP contribution in [0.5, 0.6) is 0 Å². The lowest BCUT2D eigenvalue weighted by atomic mass is 9.87. The van der Waals surface area contributed by atoms with Gasteiger partial charge < -0.3 is 15.5 Å². The van der Waals surface area contributed by atoms with Crippen molar-refractivity contribution >= 4 is 23.1 Å². The third-order valence-corrected chi connectivity index (χ3v) is 6.92. The van der Waals surface area contributed by atoms with Gasteiger partial charge in [-0.25, -0.2) is 32.5 Å². The number of nitrogens with one attached hydrogen (secondary N) is 1. The van der Waals surface area contributed by atoms with Crippen molar-refractivity contribution in [2.75, 3.05) is 11.1 Å². The Labute approximate surface area is 219 Å². The maximum Gasteiger partial charge on any atom is 0.235 e. The molecule has 3 aromatic heterocycles. The highest BCUT2D eigenvalue weighted by atomic mass is 19.2. The molecule has 6 rings (SSSR count). The van der Waals surface area contributed by atoms with E-state index in [0.717, 1.165) is 6.07 Å². The molecule has 0 radical (unpaired) electrons. The summed E-state index contributed by atoms with van der Waals surface area (Å²) in [7, 11) is 0. The second kappa shape index (κ2) is 8.62. The number of hydrogen-bond donors (Lipinski definition) is 2. The summed E-state index contributed by atoms with van der Waals surface area (Å²) in [6.07, 6.45) is 1.22. The molecule has 4 heterocycles. The van der Waals surface area contributed by atoms with Gasteiger partial charge in [0.1, 0.15) is 34.8 Å². The molecule has 1 amide bonds. The van der Waals surface area contributed by atoms with E-state index in [1.807, 2.05) is 0 Å². The summed E-state index contributed by atoms with van der Waals surface area (Å²) in [5.74, 6) is -3.62. The minimum Gasteiger partial charge on any atom is -0.383 e. The minimum atomic E-state index is -1.32. The van der Waals surface area contributed by atoms with Crippen molar-refractivity contribution in [2.45, 2.75) is 25.7 Å². The van der Waals surface area contributed by atoms with E-state index in [4.69, 9.17) is 5.73 Å². The molecule has 0 aliphatic carbocycles. The number of benzene rings is 2. The Balaban J connectivity index is 1.57. The molecule has 2 aromatic carbocycles. The number of amides is 1. The lowest BCUT2D eigenvalue weighted by Gasteiger charge is -2.16. The Kier molecular flexibility index (Phi) is 5.42. The molecule has 11 heteroatoms. The zero-order valence-corrected chi connectivity index (χ0v) is 20.7. The summed E-state index contributed by atoms with van der Waals surface area (Å²) in [5, 5.41) is 2.71. The molecular formula is C28H20F4N6O. The number of fused-ring (bicyclic) bond motifs is 2. The van der Waals surface area contributed by atoms with Crippen LogP contribution in [-0.4, -0.2) is 25.3 Å². The smallest absolute Gasteiger partial charge is 0.235 e. The monoisotopic (exact) mass is 532 g/mol. The number of nitrogens with two attached hydrogens (primary N) is 1. The third-order valence-electron chi connectivity index (χ3n) is 6.92. The normalized spacial score (nSPS) is 14.1. The number of rotatable bonds is 4. The molecule has 7 nitrogen and oxygen atoms in total. The quantitative estimate of drug-likeness (QED) is 0.238. The number of nitrogens with zero attached hydrogens (tertiary/aromatic N) is 4. The van der Waals surface area contributed by atoms with Crippen LogP contribution < -0.4 is 11.1 Å². The largest absolute Gasteiger partial charge is 0.383 e. The van der Waals surface area contributed by atoms with E-state index < -0.39 is 40.7 Å². The van der Waals surface area contributed by atoms with Crippen LogP contribution in [0.1, 0.15) is 30.8 Å². The fourth-order valence-electron chi connectivity index (χ4n) is 4.83. The lowest BCUT2D eigenvalue weighted by molar-refractivity contribution is -0.119. The van der Waals surface area contributed by atoms with Crippen molar-refractivity contribution < 1.29 is 22.4 Å². The van der Waals surface area contributed by atoms with Crippen LogP contribution in [0.3, 0.4) is 0 Å². The van der Waals surface area contributed by atoms with Gasteiger partial charge in [0.15, 0.2) is 17.5 Å². The first-order valence-corrected chi connectivity index (χ1v) is 11.9. The van der Waals surface area contributed by atoms with Crippen LogP contribution >= 0.6 is 0 Å². The number of anilines is 2. The van der Waals surface area contributed by atoms with Crippen molar-refractivity contribution in [3.05, 3.63) is 94.9 Å². The number of imidazole rings is 1. The summed E-state index contributed by atoms with van der Waals surface area (Å²) in [6, 6.07) is 10.9. The van der Waals surface area contributed by atoms with E-state index in [0.29, 0.717) is 28.3 Å². The molecule has 5 aromatic rings. The van der Waals surface area contributed by atoms with Crippen molar-refractivity contribution in [3.8, 4) is 22.6 Å². The fourth-order valence-corrected chi connectivity index (χ4v) is 4.83. The second-order valence-electron chi connectivity index (χ2n) is 9.79. The van der Waals surface area contributed by atoms with E-state index in [9.17, 15) is 22.4 Å². The van der Waals surface area contributed by atoms with Crippen LogP contribution in [-0.2, 0) is 16.6 Å². The first-order chi connectivity index (χ1) is 18.5. The van der Waals surface area contributed by atoms with Crippen molar-refractivity contribution in [3.63, 3.8) is 0 Å². The van der Waals surface area contributed by atoms with E-state index in [1.165, 1.54) is 12.1 Å². The molecule has 0 spiro atoms. The SMILES string of the molecule is CC1(C)C(=O)Nc2nc(-c3nc(Cc4c(F)ccc(F)c4F)n4cc(-c5cccc(F)c5)ccc34)nc(N)c21. The van der Waals surface area contributed by atoms with Crippen LogP contribution in [0.4, 0.5) is 29.2 Å². The maximum atomic E-state index is 14.6. The van der Waals surface area contributed by atoms with Gasteiger partial charge >= 0.3 is 0 Å². The molecule has 0 saturated carbocycles. The van der Waals surface area contributed by atoms with Gasteiger partial charge in [0.05, 0.1) is 16.5 Å². The topological polar surface area (TPSA) is 98.2 Å². The van der Waals surface area contributed by atoms with E-state index in [2.05, 4.69) is 20.3 Å². The molecule has 1 aliphatic rings. The number of aromatic nitrogens is 4. The Hall–Kier alpha value is -4.80. The minimum absolute atomic E-state index is 0.0756. The van der Waals surface area contributed by atoms with E-state index >= 15 is 0 Å². The van der Waals surface area contributed by atoms with E-state index in [1.54, 1.807) is 48.7 Å². The summed E-state index contributed by atoms with van der Waals surface area (Å²) in [6.45, 7) is 3.40. The molecule has 196 valence electrons. The third kappa shape index (κ3) is 3.89. The maximum absolute atomic E-state index is 14.6. The number of carbonyl (C=O) groups excluding carboxylic acids is 1. The molecule has 0 fully saturated rings. The van der Waals surface area contributed by atoms with Gasteiger partial charge in [0.2, 0.25) is 5.91 Å². The second-order valence-corrected chi connectivity index (χ2v) is 9.79. The Morgan fingerprint density at radius 3 is 2.49 bits per heavy atom.